The molecule has 9 nitrogen and oxygen atoms in total. The van der Waals surface area contributed by atoms with Crippen molar-refractivity contribution in [1.29, 1.82) is 0 Å². The molecular formula is C21H26N4O5S. The lowest BCUT2D eigenvalue weighted by molar-refractivity contribution is -0.150. The van der Waals surface area contributed by atoms with Crippen molar-refractivity contribution in [2.45, 2.75) is 51.7 Å². The van der Waals surface area contributed by atoms with E-state index in [2.05, 4.69) is 15.6 Å². The van der Waals surface area contributed by atoms with Crippen LogP contribution in [0.3, 0.4) is 0 Å². The summed E-state index contributed by atoms with van der Waals surface area (Å²) in [4.78, 5) is 55.2. The van der Waals surface area contributed by atoms with Crippen molar-refractivity contribution in [3.63, 3.8) is 0 Å². The summed E-state index contributed by atoms with van der Waals surface area (Å²) >= 11 is 1.23. The zero-order chi connectivity index (χ0) is 22.7. The summed E-state index contributed by atoms with van der Waals surface area (Å²) in [6, 6.07) is 4.70. The van der Waals surface area contributed by atoms with E-state index < -0.39 is 41.8 Å². The minimum atomic E-state index is -1.05. The summed E-state index contributed by atoms with van der Waals surface area (Å²) in [6.45, 7) is 5.43. The van der Waals surface area contributed by atoms with Crippen LogP contribution in [-0.2, 0) is 14.4 Å². The number of carboxylic acids is 1. The molecule has 10 heteroatoms. The first kappa shape index (κ1) is 22.7. The zero-order valence-electron chi connectivity index (χ0n) is 17.6. The van der Waals surface area contributed by atoms with Gasteiger partial charge in [-0.1, -0.05) is 26.0 Å². The first-order chi connectivity index (χ1) is 14.7. The van der Waals surface area contributed by atoms with Crippen molar-refractivity contribution in [2.24, 2.45) is 5.92 Å². The smallest absolute Gasteiger partial charge is 0.326 e. The molecule has 31 heavy (non-hydrogen) atoms. The number of aliphatic carboxylic acids is 1. The second kappa shape index (κ2) is 9.42. The van der Waals surface area contributed by atoms with E-state index in [1.165, 1.54) is 23.2 Å². The molecule has 0 radical (unpaired) electrons. The number of rotatable bonds is 7. The molecule has 1 saturated heterocycles. The Hall–Kier alpha value is -3.01. The third kappa shape index (κ3) is 5.01. The fourth-order valence-electron chi connectivity index (χ4n) is 3.55. The first-order valence-corrected chi connectivity index (χ1v) is 11.0. The van der Waals surface area contributed by atoms with E-state index in [4.69, 9.17) is 0 Å². The molecule has 3 atom stereocenters. The average Bonchev–Trinajstić information content (AvgIpc) is 3.38. The summed E-state index contributed by atoms with van der Waals surface area (Å²) in [5.74, 6) is -2.71. The van der Waals surface area contributed by atoms with Gasteiger partial charge in [-0.25, -0.2) is 9.78 Å². The lowest BCUT2D eigenvalue weighted by Gasteiger charge is -2.30. The van der Waals surface area contributed by atoms with Crippen molar-refractivity contribution < 1.29 is 24.3 Å². The van der Waals surface area contributed by atoms with Crippen molar-refractivity contribution in [1.82, 2.24) is 20.5 Å². The molecule has 2 heterocycles. The van der Waals surface area contributed by atoms with Crippen LogP contribution in [0.5, 0.6) is 0 Å². The number of carboxylic acid groups (broad SMARTS) is 1. The summed E-state index contributed by atoms with van der Waals surface area (Å²) < 4.78 is 0.869. The van der Waals surface area contributed by atoms with Gasteiger partial charge in [0.25, 0.3) is 5.91 Å². The Morgan fingerprint density at radius 3 is 2.52 bits per heavy atom. The van der Waals surface area contributed by atoms with Gasteiger partial charge in [-0.05, 0) is 37.8 Å². The summed E-state index contributed by atoms with van der Waals surface area (Å²) in [5, 5.41) is 14.9. The molecule has 2 aromatic rings. The molecule has 0 bridgehead atoms. The Balaban J connectivity index is 1.65. The largest absolute Gasteiger partial charge is 0.480 e. The van der Waals surface area contributed by atoms with Crippen LogP contribution < -0.4 is 10.6 Å². The maximum Gasteiger partial charge on any atom is 0.326 e. The number of likely N-dealkylation sites (tertiary alicyclic amines) is 1. The van der Waals surface area contributed by atoms with Gasteiger partial charge < -0.3 is 20.6 Å². The molecule has 0 spiro atoms. The summed E-state index contributed by atoms with van der Waals surface area (Å²) in [7, 11) is 0. The van der Waals surface area contributed by atoms with E-state index in [9.17, 15) is 24.3 Å². The molecule has 1 aromatic heterocycles. The minimum Gasteiger partial charge on any atom is -0.480 e. The van der Waals surface area contributed by atoms with Gasteiger partial charge in [0.2, 0.25) is 11.8 Å². The Labute approximate surface area is 183 Å². The van der Waals surface area contributed by atoms with E-state index in [0.29, 0.717) is 24.9 Å². The van der Waals surface area contributed by atoms with Crippen LogP contribution in [0.2, 0.25) is 0 Å². The molecule has 0 unspecified atom stereocenters. The number of nitrogens with one attached hydrogen (secondary N) is 2. The number of benzene rings is 1. The molecule has 166 valence electrons. The molecule has 1 aliphatic rings. The number of hydrogen-bond acceptors (Lipinski definition) is 6. The van der Waals surface area contributed by atoms with Gasteiger partial charge >= 0.3 is 5.97 Å². The van der Waals surface area contributed by atoms with Gasteiger partial charge in [-0.3, -0.25) is 14.4 Å². The molecule has 3 rings (SSSR count). The van der Waals surface area contributed by atoms with Crippen LogP contribution in [0.25, 0.3) is 10.2 Å². The lowest BCUT2D eigenvalue weighted by atomic mass is 10.0. The molecule has 0 aliphatic carbocycles. The summed E-state index contributed by atoms with van der Waals surface area (Å²) in [6.07, 6.45) is 1.00. The average molecular weight is 447 g/mol. The highest BCUT2D eigenvalue weighted by atomic mass is 32.1. The lowest BCUT2D eigenvalue weighted by Crippen LogP contribution is -2.56. The van der Waals surface area contributed by atoms with Gasteiger partial charge in [0.05, 0.1) is 10.2 Å². The Morgan fingerprint density at radius 2 is 1.87 bits per heavy atom. The second-order valence-electron chi connectivity index (χ2n) is 7.94. The monoisotopic (exact) mass is 446 g/mol. The van der Waals surface area contributed by atoms with Gasteiger partial charge in [0.15, 0.2) is 5.01 Å². The summed E-state index contributed by atoms with van der Waals surface area (Å²) in [5.41, 5.74) is 0.707. The van der Waals surface area contributed by atoms with Crippen LogP contribution in [-0.4, -0.2) is 63.4 Å². The van der Waals surface area contributed by atoms with Crippen LogP contribution in [0.4, 0.5) is 0 Å². The molecular weight excluding hydrogens is 420 g/mol. The second-order valence-corrected chi connectivity index (χ2v) is 8.97. The molecule has 3 N–H and O–H groups in total. The quantitative estimate of drug-likeness (QED) is 0.593. The number of thiazole rings is 1. The molecule has 1 aromatic carbocycles. The predicted octanol–water partition coefficient (Wildman–Crippen LogP) is 1.63. The number of hydrogen-bond donors (Lipinski definition) is 3. The number of aromatic nitrogens is 1. The Kier molecular flexibility index (Phi) is 6.89. The van der Waals surface area contributed by atoms with Gasteiger partial charge in [0, 0.05) is 6.54 Å². The number of carbonyl (C=O) groups excluding carboxylic acids is 3. The van der Waals surface area contributed by atoms with E-state index >= 15 is 0 Å². The number of nitrogens with zero attached hydrogens (tertiary/aromatic N) is 2. The number of fused-ring (bicyclic) bond motifs is 1. The van der Waals surface area contributed by atoms with E-state index in [1.54, 1.807) is 19.9 Å². The molecule has 1 fully saturated rings. The standard InChI is InChI=1S/C21H26N4O5S/c1-11(2)16(20(28)25-10-6-8-14(25)21(29)30)24-17(26)12(3)22-18(27)19-23-13-7-4-5-9-15(13)31-19/h4-5,7,9,11-12,14,16H,6,8,10H2,1-3H3,(H,22,27)(H,24,26)(H,29,30)/t12-,14-,16-/m0/s1. The van der Waals surface area contributed by atoms with E-state index in [1.807, 2.05) is 18.2 Å². The fraction of sp³-hybridized carbons (Fsp3) is 0.476. The third-order valence-corrected chi connectivity index (χ3v) is 6.32. The topological polar surface area (TPSA) is 129 Å². The maximum absolute atomic E-state index is 13.0. The molecule has 3 amide bonds. The fourth-order valence-corrected chi connectivity index (χ4v) is 4.42. The van der Waals surface area contributed by atoms with Crippen molar-refractivity contribution in [3.8, 4) is 0 Å². The van der Waals surface area contributed by atoms with E-state index in [-0.39, 0.29) is 10.9 Å². The van der Waals surface area contributed by atoms with E-state index in [0.717, 1.165) is 4.70 Å². The van der Waals surface area contributed by atoms with Crippen LogP contribution in [0, 0.1) is 5.92 Å². The van der Waals surface area contributed by atoms with Gasteiger partial charge in [-0.2, -0.15) is 0 Å². The third-order valence-electron chi connectivity index (χ3n) is 5.28. The highest BCUT2D eigenvalue weighted by Crippen LogP contribution is 2.22. The van der Waals surface area contributed by atoms with Crippen molar-refractivity contribution in [2.75, 3.05) is 6.54 Å². The highest BCUT2D eigenvalue weighted by molar-refractivity contribution is 7.20. The normalized spacial score (nSPS) is 18.1. The Morgan fingerprint density at radius 1 is 1.16 bits per heavy atom. The van der Waals surface area contributed by atoms with Crippen molar-refractivity contribution in [3.05, 3.63) is 29.3 Å². The zero-order valence-corrected chi connectivity index (χ0v) is 18.4. The van der Waals surface area contributed by atoms with Gasteiger partial charge in [-0.15, -0.1) is 11.3 Å². The van der Waals surface area contributed by atoms with Crippen molar-refractivity contribution >= 4 is 45.2 Å². The number of para-hydroxylation sites is 1. The van der Waals surface area contributed by atoms with Gasteiger partial charge in [0.1, 0.15) is 18.1 Å². The molecule has 0 saturated carbocycles. The SMILES string of the molecule is CC(C)[C@H](NC(=O)[C@H](C)NC(=O)c1nc2ccccc2s1)C(=O)N1CCC[C@H]1C(=O)O. The number of amides is 3. The predicted molar refractivity (Wildman–Crippen MR) is 116 cm³/mol. The number of carbonyl (C=O) groups is 4. The highest BCUT2D eigenvalue weighted by Gasteiger charge is 2.39. The first-order valence-electron chi connectivity index (χ1n) is 10.2. The van der Waals surface area contributed by atoms with Crippen LogP contribution in [0.15, 0.2) is 24.3 Å². The van der Waals surface area contributed by atoms with Crippen LogP contribution in [0.1, 0.15) is 43.4 Å². The Bertz CT molecular complexity index is 972. The maximum atomic E-state index is 13.0. The van der Waals surface area contributed by atoms with Crippen LogP contribution >= 0.6 is 11.3 Å². The minimum absolute atomic E-state index is 0.249. The molecule has 1 aliphatic heterocycles.